The maximum atomic E-state index is 12.6. The van der Waals surface area contributed by atoms with E-state index in [9.17, 15) is 4.79 Å². The molecular weight excluding hydrogens is 320 g/mol. The van der Waals surface area contributed by atoms with Gasteiger partial charge in [-0.05, 0) is 31.2 Å². The normalized spacial score (nSPS) is 12.7. The number of pyridine rings is 1. The Bertz CT molecular complexity index is 918. The lowest BCUT2D eigenvalue weighted by Crippen LogP contribution is -2.20. The molecular formula is C18H16N4O3. The molecule has 0 bridgehead atoms. The van der Waals surface area contributed by atoms with E-state index in [1.165, 1.54) is 0 Å². The fraction of sp³-hybridized carbons (Fsp3) is 0.167. The van der Waals surface area contributed by atoms with Gasteiger partial charge < -0.3 is 14.8 Å². The summed E-state index contributed by atoms with van der Waals surface area (Å²) >= 11 is 0. The Morgan fingerprint density at radius 2 is 2.04 bits per heavy atom. The minimum Gasteiger partial charge on any atom is -0.486 e. The van der Waals surface area contributed by atoms with Crippen LogP contribution >= 0.6 is 0 Å². The topological polar surface area (TPSA) is 78.3 Å². The number of nitrogens with one attached hydrogen (secondary N) is 1. The molecule has 1 N–H and O–H groups in total. The molecule has 1 amide bonds. The fourth-order valence-corrected chi connectivity index (χ4v) is 2.67. The van der Waals surface area contributed by atoms with Crippen molar-refractivity contribution in [1.82, 2.24) is 14.5 Å². The molecule has 1 aliphatic rings. The number of anilines is 1. The number of hydrogen-bond donors (Lipinski definition) is 1. The van der Waals surface area contributed by atoms with Crippen LogP contribution in [0.4, 0.5) is 5.69 Å². The van der Waals surface area contributed by atoms with Crippen molar-refractivity contribution < 1.29 is 14.3 Å². The molecule has 3 aromatic rings. The number of nitrogens with zero attached hydrogens (tertiary/aromatic N) is 3. The van der Waals surface area contributed by atoms with Crippen molar-refractivity contribution in [2.45, 2.75) is 6.92 Å². The molecule has 4 rings (SSSR count). The van der Waals surface area contributed by atoms with Crippen LogP contribution in [0.3, 0.4) is 0 Å². The number of para-hydroxylation sites is 1. The lowest BCUT2D eigenvalue weighted by atomic mass is 10.1. The van der Waals surface area contributed by atoms with Gasteiger partial charge >= 0.3 is 0 Å². The maximum absolute atomic E-state index is 12.6. The van der Waals surface area contributed by atoms with Crippen molar-refractivity contribution in [2.75, 3.05) is 18.5 Å². The number of amides is 1. The Labute approximate surface area is 144 Å². The molecule has 0 unspecified atom stereocenters. The van der Waals surface area contributed by atoms with E-state index in [0.717, 1.165) is 11.6 Å². The van der Waals surface area contributed by atoms with Crippen LogP contribution < -0.4 is 14.8 Å². The number of aryl methyl sites for hydroxylation is 1. The third kappa shape index (κ3) is 2.91. The minimum absolute atomic E-state index is 0.268. The van der Waals surface area contributed by atoms with Gasteiger partial charge in [0.05, 0.1) is 17.4 Å². The first-order chi connectivity index (χ1) is 12.2. The molecule has 2 aromatic heterocycles. The summed E-state index contributed by atoms with van der Waals surface area (Å²) in [6.45, 7) is 2.81. The van der Waals surface area contributed by atoms with Crippen molar-refractivity contribution >= 4 is 11.6 Å². The van der Waals surface area contributed by atoms with Crippen LogP contribution in [-0.4, -0.2) is 33.7 Å². The van der Waals surface area contributed by atoms with Gasteiger partial charge in [-0.25, -0.2) is 9.97 Å². The first-order valence-electron chi connectivity index (χ1n) is 7.89. The average Bonchev–Trinajstić information content (AvgIpc) is 3.08. The van der Waals surface area contributed by atoms with Crippen molar-refractivity contribution in [3.63, 3.8) is 0 Å². The molecule has 0 saturated carbocycles. The second-order valence-electron chi connectivity index (χ2n) is 5.53. The second-order valence-corrected chi connectivity index (χ2v) is 5.53. The van der Waals surface area contributed by atoms with E-state index in [1.807, 2.05) is 23.8 Å². The highest BCUT2D eigenvalue weighted by Gasteiger charge is 2.20. The number of rotatable bonds is 3. The Balaban J connectivity index is 1.55. The summed E-state index contributed by atoms with van der Waals surface area (Å²) in [6, 6.07) is 8.89. The van der Waals surface area contributed by atoms with Gasteiger partial charge in [0.25, 0.3) is 5.91 Å². The van der Waals surface area contributed by atoms with Gasteiger partial charge in [-0.15, -0.1) is 0 Å². The predicted molar refractivity (Wildman–Crippen MR) is 91.5 cm³/mol. The standard InChI is InChI=1S/C18H16N4O3/c1-12-19-7-8-22(12)16-6-5-13(11-20-16)21-18(23)14-3-2-4-15-17(14)25-10-9-24-15/h2-8,11H,9-10H2,1H3,(H,21,23). The molecule has 1 aromatic carbocycles. The number of carbonyl (C=O) groups excluding carboxylic acids is 1. The maximum Gasteiger partial charge on any atom is 0.259 e. The molecule has 0 spiro atoms. The quantitative estimate of drug-likeness (QED) is 0.795. The number of ether oxygens (including phenoxy) is 2. The van der Waals surface area contributed by atoms with Crippen molar-refractivity contribution in [2.24, 2.45) is 0 Å². The van der Waals surface area contributed by atoms with Crippen molar-refractivity contribution in [1.29, 1.82) is 0 Å². The summed E-state index contributed by atoms with van der Waals surface area (Å²) in [5.74, 6) is 2.38. The number of imidazole rings is 1. The van der Waals surface area contributed by atoms with Crippen LogP contribution in [0.1, 0.15) is 16.2 Å². The molecule has 0 radical (unpaired) electrons. The van der Waals surface area contributed by atoms with Crippen molar-refractivity contribution in [3.05, 3.63) is 60.3 Å². The zero-order valence-corrected chi connectivity index (χ0v) is 13.6. The van der Waals surface area contributed by atoms with Crippen LogP contribution in [0, 0.1) is 6.92 Å². The summed E-state index contributed by atoms with van der Waals surface area (Å²) in [5, 5.41) is 2.83. The molecule has 3 heterocycles. The Morgan fingerprint density at radius 3 is 2.80 bits per heavy atom. The summed E-state index contributed by atoms with van der Waals surface area (Å²) < 4.78 is 13.0. The smallest absolute Gasteiger partial charge is 0.259 e. The molecule has 7 heteroatoms. The number of carbonyl (C=O) groups is 1. The van der Waals surface area contributed by atoms with E-state index in [-0.39, 0.29) is 5.91 Å². The van der Waals surface area contributed by atoms with Crippen LogP contribution in [0.25, 0.3) is 5.82 Å². The minimum atomic E-state index is -0.268. The van der Waals surface area contributed by atoms with Gasteiger partial charge in [-0.3, -0.25) is 9.36 Å². The highest BCUT2D eigenvalue weighted by molar-refractivity contribution is 6.06. The fourth-order valence-electron chi connectivity index (χ4n) is 2.67. The summed E-state index contributed by atoms with van der Waals surface area (Å²) in [7, 11) is 0. The molecule has 0 aliphatic carbocycles. The number of aromatic nitrogens is 3. The van der Waals surface area contributed by atoms with E-state index < -0.39 is 0 Å². The average molecular weight is 336 g/mol. The lowest BCUT2D eigenvalue weighted by Gasteiger charge is -2.20. The van der Waals surface area contributed by atoms with Gasteiger partial charge in [0.1, 0.15) is 24.9 Å². The van der Waals surface area contributed by atoms with Crippen LogP contribution in [-0.2, 0) is 0 Å². The molecule has 7 nitrogen and oxygen atoms in total. The highest BCUT2D eigenvalue weighted by Crippen LogP contribution is 2.33. The number of benzene rings is 1. The Hall–Kier alpha value is -3.35. The SMILES string of the molecule is Cc1nccn1-c1ccc(NC(=O)c2cccc3c2OCCO3)cn1. The third-order valence-corrected chi connectivity index (χ3v) is 3.89. The van der Waals surface area contributed by atoms with Gasteiger partial charge in [-0.2, -0.15) is 0 Å². The number of fused-ring (bicyclic) bond motifs is 1. The summed E-state index contributed by atoms with van der Waals surface area (Å²) in [4.78, 5) is 21.1. The van der Waals surface area contributed by atoms with Gasteiger partial charge in [-0.1, -0.05) is 6.07 Å². The molecule has 0 fully saturated rings. The Kier molecular flexibility index (Phi) is 3.81. The van der Waals surface area contributed by atoms with Gasteiger partial charge in [0, 0.05) is 12.4 Å². The lowest BCUT2D eigenvalue weighted by molar-refractivity contribution is 0.101. The molecule has 126 valence electrons. The third-order valence-electron chi connectivity index (χ3n) is 3.89. The van der Waals surface area contributed by atoms with E-state index in [4.69, 9.17) is 9.47 Å². The largest absolute Gasteiger partial charge is 0.486 e. The van der Waals surface area contributed by atoms with Crippen molar-refractivity contribution in [3.8, 4) is 17.3 Å². The van der Waals surface area contributed by atoms with E-state index >= 15 is 0 Å². The van der Waals surface area contributed by atoms with Gasteiger partial charge in [0.15, 0.2) is 11.5 Å². The molecule has 0 atom stereocenters. The Morgan fingerprint density at radius 1 is 1.16 bits per heavy atom. The molecule has 1 aliphatic heterocycles. The van der Waals surface area contributed by atoms with Crippen LogP contribution in [0.2, 0.25) is 0 Å². The molecule has 0 saturated heterocycles. The van der Waals surface area contributed by atoms with E-state index in [1.54, 1.807) is 36.7 Å². The number of hydrogen-bond acceptors (Lipinski definition) is 5. The highest BCUT2D eigenvalue weighted by atomic mass is 16.6. The van der Waals surface area contributed by atoms with Crippen LogP contribution in [0.15, 0.2) is 48.9 Å². The summed E-state index contributed by atoms with van der Waals surface area (Å²) in [6.07, 6.45) is 5.16. The zero-order chi connectivity index (χ0) is 17.2. The first kappa shape index (κ1) is 15.2. The zero-order valence-electron chi connectivity index (χ0n) is 13.6. The molecule has 25 heavy (non-hydrogen) atoms. The van der Waals surface area contributed by atoms with E-state index in [2.05, 4.69) is 15.3 Å². The second kappa shape index (κ2) is 6.27. The van der Waals surface area contributed by atoms with Crippen LogP contribution in [0.5, 0.6) is 11.5 Å². The monoisotopic (exact) mass is 336 g/mol. The predicted octanol–water partition coefficient (Wildman–Crippen LogP) is 2.60. The van der Waals surface area contributed by atoms with Gasteiger partial charge in [0.2, 0.25) is 0 Å². The summed E-state index contributed by atoms with van der Waals surface area (Å²) in [5.41, 5.74) is 1.03. The first-order valence-corrected chi connectivity index (χ1v) is 7.89. The van der Waals surface area contributed by atoms with E-state index in [0.29, 0.717) is 36.0 Å².